The molecule has 11 heteroatoms. The van der Waals surface area contributed by atoms with Crippen LogP contribution >= 0.6 is 15.9 Å². The summed E-state index contributed by atoms with van der Waals surface area (Å²) >= 11 is 3.46. The van der Waals surface area contributed by atoms with Crippen molar-refractivity contribution in [3.05, 3.63) is 128 Å². The first kappa shape index (κ1) is 34.3. The summed E-state index contributed by atoms with van der Waals surface area (Å²) in [6.45, 7) is 8.98. The van der Waals surface area contributed by atoms with Crippen molar-refractivity contribution in [1.82, 2.24) is 19.7 Å². The molecule has 0 unspecified atom stereocenters. The van der Waals surface area contributed by atoms with Crippen LogP contribution in [0.15, 0.2) is 94.2 Å². The minimum absolute atomic E-state index is 0.185. The lowest BCUT2D eigenvalue weighted by Crippen LogP contribution is -2.29. The number of halogens is 1. The zero-order valence-electron chi connectivity index (χ0n) is 28.0. The Kier molecular flexibility index (Phi) is 10.6. The molecule has 3 aromatic carbocycles. The number of aromatic nitrogens is 3. The highest BCUT2D eigenvalue weighted by atomic mass is 79.9. The van der Waals surface area contributed by atoms with Crippen LogP contribution in [0.1, 0.15) is 48.8 Å². The van der Waals surface area contributed by atoms with Crippen LogP contribution in [0.4, 0.5) is 10.6 Å². The number of benzene rings is 3. The second kappa shape index (κ2) is 14.8. The van der Waals surface area contributed by atoms with Crippen molar-refractivity contribution < 1.29 is 19.0 Å². The number of nitrogens with one attached hydrogen (secondary N) is 2. The van der Waals surface area contributed by atoms with Crippen LogP contribution in [0.25, 0.3) is 5.69 Å². The number of methoxy groups -OCH3 is 2. The molecule has 2 heterocycles. The predicted octanol–water partition coefficient (Wildman–Crippen LogP) is 7.37. The fourth-order valence-electron chi connectivity index (χ4n) is 5.07. The lowest BCUT2D eigenvalue weighted by molar-refractivity contribution is 0.251. The summed E-state index contributed by atoms with van der Waals surface area (Å²) in [5, 5.41) is 10.7. The minimum Gasteiger partial charge on any atom is -0.497 e. The summed E-state index contributed by atoms with van der Waals surface area (Å²) in [6.07, 6.45) is 0. The molecule has 5 rings (SSSR count). The van der Waals surface area contributed by atoms with Crippen LogP contribution in [0.3, 0.4) is 0 Å². The molecule has 0 saturated heterocycles. The molecule has 0 aliphatic carbocycles. The van der Waals surface area contributed by atoms with E-state index in [2.05, 4.69) is 47.3 Å². The third kappa shape index (κ3) is 8.09. The van der Waals surface area contributed by atoms with E-state index in [1.807, 2.05) is 91.9 Å². The van der Waals surface area contributed by atoms with Crippen molar-refractivity contribution in [2.24, 2.45) is 0 Å². The fraction of sp³-hybridized carbons (Fsp3) is 0.270. The number of nitrogens with zero attached hydrogens (tertiary/aromatic N) is 3. The van der Waals surface area contributed by atoms with Gasteiger partial charge in [0.1, 0.15) is 34.1 Å². The molecule has 10 nitrogen and oxygen atoms in total. The molecule has 2 amide bonds. The summed E-state index contributed by atoms with van der Waals surface area (Å²) in [6, 6.07) is 26.2. The number of hydrogen-bond acceptors (Lipinski definition) is 6. The van der Waals surface area contributed by atoms with Gasteiger partial charge >= 0.3 is 6.03 Å². The standard InChI is InChI=1S/C37H40BrN5O5/c1-24-18-31(34(38)35(44)42(24)22-25-14-16-29(46-5)17-15-25)48-23-27-11-8-7-10-26(27)21-39-36(45)40-33-20-32(37(2,3)4)41-43(33)28-12-9-13-30(19-28)47-6/h7-20H,21-23H2,1-6H3,(H2,39,40,45). The Hall–Kier alpha value is -5.03. The fourth-order valence-corrected chi connectivity index (χ4v) is 5.51. The molecule has 0 radical (unpaired) electrons. The molecule has 0 bridgehead atoms. The van der Waals surface area contributed by atoms with Crippen LogP contribution in [0.2, 0.25) is 0 Å². The van der Waals surface area contributed by atoms with E-state index < -0.39 is 0 Å². The van der Waals surface area contributed by atoms with E-state index in [4.69, 9.17) is 19.3 Å². The summed E-state index contributed by atoms with van der Waals surface area (Å²) in [5.41, 5.74) is 4.68. The zero-order chi connectivity index (χ0) is 34.4. The predicted molar refractivity (Wildman–Crippen MR) is 191 cm³/mol. The van der Waals surface area contributed by atoms with E-state index in [-0.39, 0.29) is 30.2 Å². The van der Waals surface area contributed by atoms with Gasteiger partial charge < -0.3 is 24.1 Å². The number of carbonyl (C=O) groups excluding carboxylic acids is 1. The average Bonchev–Trinajstić information content (AvgIpc) is 3.52. The lowest BCUT2D eigenvalue weighted by atomic mass is 9.92. The molecular formula is C37H40BrN5O5. The number of amides is 2. The van der Waals surface area contributed by atoms with Crippen molar-refractivity contribution in [2.45, 2.75) is 52.8 Å². The third-order valence-corrected chi connectivity index (χ3v) is 8.60. The summed E-state index contributed by atoms with van der Waals surface area (Å²) < 4.78 is 20.5. The van der Waals surface area contributed by atoms with Gasteiger partial charge in [0, 0.05) is 35.9 Å². The van der Waals surface area contributed by atoms with E-state index in [1.54, 1.807) is 23.5 Å². The van der Waals surface area contributed by atoms with Gasteiger partial charge in [-0.2, -0.15) is 5.10 Å². The van der Waals surface area contributed by atoms with Crippen LogP contribution in [-0.4, -0.2) is 34.6 Å². The first-order valence-corrected chi connectivity index (χ1v) is 16.3. The van der Waals surface area contributed by atoms with Gasteiger partial charge in [-0.1, -0.05) is 63.2 Å². The first-order chi connectivity index (χ1) is 23.0. The molecule has 48 heavy (non-hydrogen) atoms. The molecule has 0 saturated carbocycles. The smallest absolute Gasteiger partial charge is 0.320 e. The number of urea groups is 1. The van der Waals surface area contributed by atoms with Gasteiger partial charge in [0.15, 0.2) is 0 Å². The number of pyridine rings is 1. The lowest BCUT2D eigenvalue weighted by Gasteiger charge is -2.16. The Morgan fingerprint density at radius 3 is 2.29 bits per heavy atom. The van der Waals surface area contributed by atoms with Gasteiger partial charge in [-0.3, -0.25) is 10.1 Å². The van der Waals surface area contributed by atoms with Crippen LogP contribution in [0, 0.1) is 6.92 Å². The van der Waals surface area contributed by atoms with Crippen LogP contribution in [-0.2, 0) is 25.1 Å². The van der Waals surface area contributed by atoms with Gasteiger partial charge in [0.2, 0.25) is 0 Å². The van der Waals surface area contributed by atoms with E-state index in [0.717, 1.165) is 39.5 Å². The highest BCUT2D eigenvalue weighted by molar-refractivity contribution is 9.10. The molecule has 2 N–H and O–H groups in total. The van der Waals surface area contributed by atoms with E-state index in [9.17, 15) is 9.59 Å². The molecule has 0 fully saturated rings. The highest BCUT2D eigenvalue weighted by Gasteiger charge is 2.22. The van der Waals surface area contributed by atoms with Crippen LogP contribution < -0.4 is 30.4 Å². The molecule has 0 aliphatic rings. The quantitative estimate of drug-likeness (QED) is 0.148. The summed E-state index contributed by atoms with van der Waals surface area (Å²) in [5.74, 6) is 2.43. The minimum atomic E-state index is -0.380. The Bertz CT molecular complexity index is 1960. The Morgan fingerprint density at radius 2 is 1.60 bits per heavy atom. The second-order valence-electron chi connectivity index (χ2n) is 12.3. The van der Waals surface area contributed by atoms with E-state index in [0.29, 0.717) is 28.3 Å². The normalized spacial score (nSPS) is 11.2. The van der Waals surface area contributed by atoms with Crippen molar-refractivity contribution in [2.75, 3.05) is 19.5 Å². The maximum absolute atomic E-state index is 13.3. The molecule has 0 aliphatic heterocycles. The monoisotopic (exact) mass is 713 g/mol. The van der Waals surface area contributed by atoms with E-state index >= 15 is 0 Å². The molecule has 0 atom stereocenters. The Morgan fingerprint density at radius 1 is 0.896 bits per heavy atom. The topological polar surface area (TPSA) is 109 Å². The maximum atomic E-state index is 13.3. The Labute approximate surface area is 288 Å². The zero-order valence-corrected chi connectivity index (χ0v) is 29.6. The summed E-state index contributed by atoms with van der Waals surface area (Å²) in [4.78, 5) is 26.5. The number of ether oxygens (including phenoxy) is 3. The van der Waals surface area contributed by atoms with Crippen molar-refractivity contribution in [3.63, 3.8) is 0 Å². The second-order valence-corrected chi connectivity index (χ2v) is 13.1. The SMILES string of the molecule is COc1ccc(Cn2c(C)cc(OCc3ccccc3CNC(=O)Nc3cc(C(C)(C)C)nn3-c3cccc(OC)c3)c(Br)c2=O)cc1. The molecular weight excluding hydrogens is 674 g/mol. The van der Waals surface area contributed by atoms with Gasteiger partial charge in [-0.25, -0.2) is 9.48 Å². The number of carbonyl (C=O) groups is 1. The molecule has 5 aromatic rings. The Balaban J connectivity index is 1.27. The van der Waals surface area contributed by atoms with Crippen molar-refractivity contribution in [3.8, 4) is 22.9 Å². The third-order valence-electron chi connectivity index (χ3n) is 7.87. The number of hydrogen-bond donors (Lipinski definition) is 2. The van der Waals surface area contributed by atoms with Gasteiger partial charge in [0.25, 0.3) is 5.56 Å². The van der Waals surface area contributed by atoms with Gasteiger partial charge in [-0.15, -0.1) is 0 Å². The average molecular weight is 715 g/mol. The van der Waals surface area contributed by atoms with Crippen molar-refractivity contribution >= 4 is 27.8 Å². The number of rotatable bonds is 11. The largest absolute Gasteiger partial charge is 0.497 e. The summed E-state index contributed by atoms with van der Waals surface area (Å²) in [7, 11) is 3.23. The van der Waals surface area contributed by atoms with E-state index in [1.165, 1.54) is 0 Å². The number of aryl methyl sites for hydroxylation is 1. The van der Waals surface area contributed by atoms with Crippen molar-refractivity contribution in [1.29, 1.82) is 0 Å². The molecule has 0 spiro atoms. The first-order valence-electron chi connectivity index (χ1n) is 15.5. The highest BCUT2D eigenvalue weighted by Crippen LogP contribution is 2.28. The van der Waals surface area contributed by atoms with Gasteiger partial charge in [0.05, 0.1) is 32.1 Å². The molecule has 2 aromatic heterocycles. The van der Waals surface area contributed by atoms with Gasteiger partial charge in [-0.05, 0) is 63.8 Å². The molecule has 250 valence electrons. The maximum Gasteiger partial charge on any atom is 0.320 e. The number of anilines is 1. The van der Waals surface area contributed by atoms with Crippen LogP contribution in [0.5, 0.6) is 17.2 Å².